The van der Waals surface area contributed by atoms with Gasteiger partial charge in [0.05, 0.1) is 17.4 Å². The van der Waals surface area contributed by atoms with Crippen LogP contribution in [0.1, 0.15) is 34.5 Å². The first-order chi connectivity index (χ1) is 11.8. The van der Waals surface area contributed by atoms with E-state index in [0.29, 0.717) is 37.2 Å². The summed E-state index contributed by atoms with van der Waals surface area (Å²) >= 11 is 0. The number of likely N-dealkylation sites (tertiary alicyclic amines) is 1. The van der Waals surface area contributed by atoms with E-state index in [9.17, 15) is 18.0 Å². The predicted molar refractivity (Wildman–Crippen MR) is 93.7 cm³/mol. The summed E-state index contributed by atoms with van der Waals surface area (Å²) in [7, 11) is 0. The molecule has 0 atom stereocenters. The molecule has 26 heavy (non-hydrogen) atoms. The second kappa shape index (κ2) is 7.67. The normalized spacial score (nSPS) is 15.7. The number of nitrogens with two attached hydrogens (primary N) is 1. The Hall–Kier alpha value is -2.06. The van der Waals surface area contributed by atoms with Crippen molar-refractivity contribution in [2.24, 2.45) is 5.73 Å². The summed E-state index contributed by atoms with van der Waals surface area (Å²) in [5.41, 5.74) is 5.27. The number of para-hydroxylation sites is 1. The lowest BCUT2D eigenvalue weighted by Gasteiger charge is -2.30. The van der Waals surface area contributed by atoms with E-state index in [1.54, 1.807) is 31.2 Å². The number of carbonyl (C=O) groups is 1. The minimum atomic E-state index is -4.70. The number of hydrogen-bond acceptors (Lipinski definition) is 3. The third-order valence-corrected chi connectivity index (χ3v) is 4.44. The molecule has 3 rings (SSSR count). The number of carbonyl (C=O) groups excluding carboxylic acids is 1. The molecule has 1 aliphatic rings. The van der Waals surface area contributed by atoms with Crippen LogP contribution in [-0.4, -0.2) is 39.7 Å². The van der Waals surface area contributed by atoms with E-state index in [4.69, 9.17) is 5.73 Å². The molecule has 5 nitrogen and oxygen atoms in total. The van der Waals surface area contributed by atoms with Gasteiger partial charge >= 0.3 is 6.18 Å². The zero-order valence-electron chi connectivity index (χ0n) is 14.2. The van der Waals surface area contributed by atoms with E-state index >= 15 is 0 Å². The molecule has 0 unspecified atom stereocenters. The lowest BCUT2D eigenvalue weighted by Crippen LogP contribution is -2.43. The number of aromatic nitrogens is 2. The van der Waals surface area contributed by atoms with Crippen LogP contribution in [0.2, 0.25) is 0 Å². The number of alkyl halides is 3. The molecule has 2 aromatic rings. The van der Waals surface area contributed by atoms with Crippen LogP contribution in [0, 0.1) is 6.92 Å². The molecule has 0 spiro atoms. The molecule has 1 fully saturated rings. The number of aryl methyl sites for hydroxylation is 1. The van der Waals surface area contributed by atoms with Gasteiger partial charge in [-0.05, 0) is 31.4 Å². The molecule has 1 aromatic heterocycles. The average molecular weight is 389 g/mol. The molecule has 2 N–H and O–H groups in total. The highest BCUT2D eigenvalue weighted by atomic mass is 35.5. The SMILES string of the molecule is Cc1ccccc1-n1ncc(C(=O)N2CCC(N)CC2)c1C(F)(F)F.Cl. The molecule has 1 saturated heterocycles. The zero-order chi connectivity index (χ0) is 18.2. The van der Waals surface area contributed by atoms with Gasteiger partial charge in [-0.15, -0.1) is 12.4 Å². The topological polar surface area (TPSA) is 64.2 Å². The van der Waals surface area contributed by atoms with Crippen molar-refractivity contribution in [3.05, 3.63) is 47.3 Å². The fourth-order valence-corrected chi connectivity index (χ4v) is 3.03. The molecule has 142 valence electrons. The van der Waals surface area contributed by atoms with Crippen molar-refractivity contribution in [1.29, 1.82) is 0 Å². The molecule has 0 radical (unpaired) electrons. The maximum Gasteiger partial charge on any atom is 0.434 e. The molecule has 1 amide bonds. The number of nitrogens with zero attached hydrogens (tertiary/aromatic N) is 3. The van der Waals surface area contributed by atoms with E-state index in [2.05, 4.69) is 5.10 Å². The van der Waals surface area contributed by atoms with Crippen LogP contribution in [0.25, 0.3) is 5.69 Å². The molecule has 0 bridgehead atoms. The highest BCUT2D eigenvalue weighted by Crippen LogP contribution is 2.35. The fraction of sp³-hybridized carbons (Fsp3) is 0.412. The van der Waals surface area contributed by atoms with Crippen LogP contribution in [0.5, 0.6) is 0 Å². The molecule has 2 heterocycles. The number of rotatable bonds is 2. The minimum absolute atomic E-state index is 0. The zero-order valence-corrected chi connectivity index (χ0v) is 15.0. The second-order valence-corrected chi connectivity index (χ2v) is 6.23. The third kappa shape index (κ3) is 3.86. The summed E-state index contributed by atoms with van der Waals surface area (Å²) in [6.45, 7) is 2.41. The number of amides is 1. The number of hydrogen-bond donors (Lipinski definition) is 1. The quantitative estimate of drug-likeness (QED) is 0.859. The van der Waals surface area contributed by atoms with Crippen LogP contribution >= 0.6 is 12.4 Å². The largest absolute Gasteiger partial charge is 0.434 e. The van der Waals surface area contributed by atoms with Gasteiger partial charge in [0.25, 0.3) is 5.91 Å². The summed E-state index contributed by atoms with van der Waals surface area (Å²) in [5, 5.41) is 3.87. The van der Waals surface area contributed by atoms with E-state index in [0.717, 1.165) is 10.9 Å². The minimum Gasteiger partial charge on any atom is -0.338 e. The first-order valence-electron chi connectivity index (χ1n) is 8.05. The smallest absolute Gasteiger partial charge is 0.338 e. The monoisotopic (exact) mass is 388 g/mol. The second-order valence-electron chi connectivity index (χ2n) is 6.23. The highest BCUT2D eigenvalue weighted by molar-refractivity contribution is 5.95. The summed E-state index contributed by atoms with van der Waals surface area (Å²) in [5.74, 6) is -0.654. The lowest BCUT2D eigenvalue weighted by atomic mass is 10.0. The maximum atomic E-state index is 13.7. The Balaban J connectivity index is 0.00000243. The summed E-state index contributed by atoms with van der Waals surface area (Å²) in [6.07, 6.45) is -2.53. The Morgan fingerprint density at radius 3 is 2.42 bits per heavy atom. The Labute approximate surface area is 155 Å². The van der Waals surface area contributed by atoms with Crippen LogP contribution in [0.15, 0.2) is 30.5 Å². The molecule has 9 heteroatoms. The predicted octanol–water partition coefficient (Wildman–Crippen LogP) is 3.18. The third-order valence-electron chi connectivity index (χ3n) is 4.44. The number of piperidine rings is 1. The summed E-state index contributed by atoms with van der Waals surface area (Å²) in [6, 6.07) is 6.60. The Kier molecular flexibility index (Phi) is 5.98. The van der Waals surface area contributed by atoms with Crippen molar-refractivity contribution in [1.82, 2.24) is 14.7 Å². The van der Waals surface area contributed by atoms with Crippen molar-refractivity contribution in [2.45, 2.75) is 32.0 Å². The summed E-state index contributed by atoms with van der Waals surface area (Å²) < 4.78 is 41.9. The van der Waals surface area contributed by atoms with E-state index in [-0.39, 0.29) is 18.4 Å². The van der Waals surface area contributed by atoms with Gasteiger partial charge in [-0.1, -0.05) is 18.2 Å². The molecule has 1 aliphatic heterocycles. The van der Waals surface area contributed by atoms with Crippen LogP contribution in [-0.2, 0) is 6.18 Å². The van der Waals surface area contributed by atoms with Crippen LogP contribution in [0.4, 0.5) is 13.2 Å². The van der Waals surface area contributed by atoms with Gasteiger partial charge in [-0.25, -0.2) is 4.68 Å². The van der Waals surface area contributed by atoms with Crippen molar-refractivity contribution < 1.29 is 18.0 Å². The van der Waals surface area contributed by atoms with Gasteiger partial charge < -0.3 is 10.6 Å². The van der Waals surface area contributed by atoms with Crippen molar-refractivity contribution in [3.8, 4) is 5.69 Å². The Bertz CT molecular complexity index is 783. The molecule has 0 saturated carbocycles. The van der Waals surface area contributed by atoms with E-state index in [1.807, 2.05) is 0 Å². The first-order valence-corrected chi connectivity index (χ1v) is 8.05. The van der Waals surface area contributed by atoms with Gasteiger partial charge in [0.15, 0.2) is 5.69 Å². The number of halogens is 4. The Morgan fingerprint density at radius 1 is 1.23 bits per heavy atom. The van der Waals surface area contributed by atoms with Gasteiger partial charge in [-0.2, -0.15) is 18.3 Å². The van der Waals surface area contributed by atoms with Gasteiger partial charge in [0.2, 0.25) is 0 Å². The molecular weight excluding hydrogens is 369 g/mol. The molecule has 1 aromatic carbocycles. The van der Waals surface area contributed by atoms with Gasteiger partial charge in [-0.3, -0.25) is 4.79 Å². The Morgan fingerprint density at radius 2 is 1.85 bits per heavy atom. The molecule has 0 aliphatic carbocycles. The highest BCUT2D eigenvalue weighted by Gasteiger charge is 2.41. The standard InChI is InChI=1S/C17H19F3N4O.ClH/c1-11-4-2-3-5-14(11)24-15(17(18,19)20)13(10-22-24)16(25)23-8-6-12(21)7-9-23;/h2-5,10,12H,6-9,21H2,1H3;1H. The van der Waals surface area contributed by atoms with Crippen molar-refractivity contribution in [3.63, 3.8) is 0 Å². The maximum absolute atomic E-state index is 13.7. The van der Waals surface area contributed by atoms with Gasteiger partial charge in [0, 0.05) is 19.1 Å². The van der Waals surface area contributed by atoms with E-state index in [1.165, 1.54) is 4.90 Å². The van der Waals surface area contributed by atoms with Crippen molar-refractivity contribution in [2.75, 3.05) is 13.1 Å². The number of benzene rings is 1. The summed E-state index contributed by atoms with van der Waals surface area (Å²) in [4.78, 5) is 14.0. The first kappa shape index (κ1) is 20.3. The molecular formula is C17H20ClF3N4O. The van der Waals surface area contributed by atoms with Crippen LogP contribution in [0.3, 0.4) is 0 Å². The van der Waals surface area contributed by atoms with Crippen molar-refractivity contribution >= 4 is 18.3 Å². The fourth-order valence-electron chi connectivity index (χ4n) is 3.03. The lowest BCUT2D eigenvalue weighted by molar-refractivity contribution is -0.143. The van der Waals surface area contributed by atoms with E-state index < -0.39 is 23.3 Å². The van der Waals surface area contributed by atoms with Gasteiger partial charge in [0.1, 0.15) is 0 Å². The van der Waals surface area contributed by atoms with Crippen LogP contribution < -0.4 is 5.73 Å². The average Bonchev–Trinajstić information content (AvgIpc) is 3.00.